The van der Waals surface area contributed by atoms with Gasteiger partial charge in [0, 0.05) is 42.3 Å². The number of piperazine rings is 1. The predicted octanol–water partition coefficient (Wildman–Crippen LogP) is 4.13. The van der Waals surface area contributed by atoms with Gasteiger partial charge in [-0.25, -0.2) is 0 Å². The molecular weight excluding hydrogens is 279 g/mol. The molecule has 0 aliphatic carbocycles. The Labute approximate surface area is 126 Å². The van der Waals surface area contributed by atoms with Crippen LogP contribution in [0.3, 0.4) is 0 Å². The first-order valence-corrected chi connectivity index (χ1v) is 7.87. The van der Waals surface area contributed by atoms with Crippen LogP contribution < -0.4 is 5.32 Å². The van der Waals surface area contributed by atoms with Crippen molar-refractivity contribution >= 4 is 23.2 Å². The topological polar surface area (TPSA) is 15.3 Å². The molecule has 0 radical (unpaired) electrons. The third kappa shape index (κ3) is 4.09. The van der Waals surface area contributed by atoms with Crippen molar-refractivity contribution in [1.82, 2.24) is 10.2 Å². The Kier molecular flexibility index (Phi) is 5.96. The van der Waals surface area contributed by atoms with Crippen molar-refractivity contribution in [2.45, 2.75) is 32.2 Å². The van der Waals surface area contributed by atoms with Crippen LogP contribution in [0.2, 0.25) is 10.0 Å². The molecule has 0 bridgehead atoms. The van der Waals surface area contributed by atoms with Gasteiger partial charge in [0.25, 0.3) is 0 Å². The van der Waals surface area contributed by atoms with Gasteiger partial charge in [-0.15, -0.1) is 0 Å². The summed E-state index contributed by atoms with van der Waals surface area (Å²) in [6.07, 6.45) is 3.58. The summed E-state index contributed by atoms with van der Waals surface area (Å²) in [6.45, 7) is 6.50. The van der Waals surface area contributed by atoms with Crippen molar-refractivity contribution in [3.05, 3.63) is 33.8 Å². The third-order valence-electron chi connectivity index (χ3n) is 3.74. The highest BCUT2D eigenvalue weighted by Gasteiger charge is 2.23. The van der Waals surface area contributed by atoms with Gasteiger partial charge in [0.05, 0.1) is 0 Å². The van der Waals surface area contributed by atoms with E-state index in [2.05, 4.69) is 17.1 Å². The van der Waals surface area contributed by atoms with Crippen LogP contribution in [0, 0.1) is 0 Å². The summed E-state index contributed by atoms with van der Waals surface area (Å²) in [5.41, 5.74) is 1.18. The highest BCUT2D eigenvalue weighted by atomic mass is 35.5. The maximum Gasteiger partial charge on any atom is 0.0454 e. The molecule has 4 heteroatoms. The molecular formula is C15H22Cl2N2. The molecule has 1 heterocycles. The highest BCUT2D eigenvalue weighted by Crippen LogP contribution is 2.33. The fourth-order valence-corrected chi connectivity index (χ4v) is 3.12. The molecule has 0 spiro atoms. The van der Waals surface area contributed by atoms with Gasteiger partial charge in [-0.3, -0.25) is 4.90 Å². The molecule has 2 rings (SSSR count). The van der Waals surface area contributed by atoms with Crippen LogP contribution in [0.1, 0.15) is 37.8 Å². The lowest BCUT2D eigenvalue weighted by Crippen LogP contribution is -2.45. The minimum Gasteiger partial charge on any atom is -0.314 e. The van der Waals surface area contributed by atoms with E-state index in [0.717, 1.165) is 42.6 Å². The van der Waals surface area contributed by atoms with E-state index in [0.29, 0.717) is 6.04 Å². The zero-order valence-corrected chi connectivity index (χ0v) is 13.0. The van der Waals surface area contributed by atoms with Crippen molar-refractivity contribution in [1.29, 1.82) is 0 Å². The molecule has 1 fully saturated rings. The van der Waals surface area contributed by atoms with Gasteiger partial charge in [0.1, 0.15) is 0 Å². The number of halogens is 2. The molecule has 19 heavy (non-hydrogen) atoms. The summed E-state index contributed by atoms with van der Waals surface area (Å²) in [5.74, 6) is 0. The molecule has 1 aromatic rings. The molecule has 106 valence electrons. The van der Waals surface area contributed by atoms with Gasteiger partial charge < -0.3 is 5.32 Å². The Balaban J connectivity index is 2.22. The minimum absolute atomic E-state index is 0.397. The first-order valence-electron chi connectivity index (χ1n) is 7.12. The van der Waals surface area contributed by atoms with E-state index >= 15 is 0 Å². The molecule has 1 aliphatic rings. The molecule has 0 aromatic heterocycles. The molecule has 1 aromatic carbocycles. The van der Waals surface area contributed by atoms with E-state index in [4.69, 9.17) is 23.2 Å². The van der Waals surface area contributed by atoms with Gasteiger partial charge in [-0.1, -0.05) is 43.0 Å². The van der Waals surface area contributed by atoms with Gasteiger partial charge in [0.15, 0.2) is 0 Å². The summed E-state index contributed by atoms with van der Waals surface area (Å²) in [4.78, 5) is 2.53. The zero-order chi connectivity index (χ0) is 13.7. The Bertz CT molecular complexity index is 403. The van der Waals surface area contributed by atoms with Crippen LogP contribution in [0.4, 0.5) is 0 Å². The highest BCUT2D eigenvalue weighted by molar-refractivity contribution is 6.33. The average Bonchev–Trinajstić information content (AvgIpc) is 2.44. The minimum atomic E-state index is 0.397. The zero-order valence-electron chi connectivity index (χ0n) is 11.5. The first kappa shape index (κ1) is 15.1. The predicted molar refractivity (Wildman–Crippen MR) is 83.2 cm³/mol. The molecule has 1 aliphatic heterocycles. The van der Waals surface area contributed by atoms with E-state index in [1.165, 1.54) is 18.4 Å². The van der Waals surface area contributed by atoms with Crippen LogP contribution in [0.15, 0.2) is 18.2 Å². The number of unbranched alkanes of at least 4 members (excludes halogenated alkanes) is 1. The summed E-state index contributed by atoms with van der Waals surface area (Å²) in [5, 5.41) is 5.01. The molecule has 1 N–H and O–H groups in total. The van der Waals surface area contributed by atoms with Crippen LogP contribution in [-0.2, 0) is 0 Å². The Morgan fingerprint density at radius 1 is 1.26 bits per heavy atom. The second-order valence-electron chi connectivity index (χ2n) is 5.11. The third-order valence-corrected chi connectivity index (χ3v) is 4.32. The van der Waals surface area contributed by atoms with E-state index in [1.807, 2.05) is 18.2 Å². The number of benzene rings is 1. The Morgan fingerprint density at radius 2 is 2.00 bits per heavy atom. The first-order chi connectivity index (χ1) is 9.22. The lowest BCUT2D eigenvalue weighted by atomic mass is 9.98. The van der Waals surface area contributed by atoms with E-state index < -0.39 is 0 Å². The number of nitrogens with one attached hydrogen (secondary N) is 1. The maximum absolute atomic E-state index is 6.39. The molecule has 2 nitrogen and oxygen atoms in total. The number of rotatable bonds is 5. The number of hydrogen-bond acceptors (Lipinski definition) is 2. The average molecular weight is 301 g/mol. The summed E-state index contributed by atoms with van der Waals surface area (Å²) in [6, 6.07) is 6.21. The standard InChI is InChI=1S/C15H22Cl2N2/c1-2-3-4-15(19-9-7-18-8-10-19)13-11-12(16)5-6-14(13)17/h5-6,11,15,18H,2-4,7-10H2,1H3/t15-/m1/s1. The second-order valence-corrected chi connectivity index (χ2v) is 5.95. The fraction of sp³-hybridized carbons (Fsp3) is 0.600. The monoisotopic (exact) mass is 300 g/mol. The van der Waals surface area contributed by atoms with E-state index in [9.17, 15) is 0 Å². The van der Waals surface area contributed by atoms with Gasteiger partial charge in [0.2, 0.25) is 0 Å². The summed E-state index contributed by atoms with van der Waals surface area (Å²) >= 11 is 12.5. The van der Waals surface area contributed by atoms with Crippen molar-refractivity contribution < 1.29 is 0 Å². The van der Waals surface area contributed by atoms with E-state index in [1.54, 1.807) is 0 Å². The smallest absolute Gasteiger partial charge is 0.0454 e. The normalized spacial score (nSPS) is 18.5. The Hall–Kier alpha value is -0.280. The maximum atomic E-state index is 6.39. The quantitative estimate of drug-likeness (QED) is 0.879. The van der Waals surface area contributed by atoms with Gasteiger partial charge in [-0.2, -0.15) is 0 Å². The molecule has 0 unspecified atom stereocenters. The largest absolute Gasteiger partial charge is 0.314 e. The number of nitrogens with zero attached hydrogens (tertiary/aromatic N) is 1. The summed E-state index contributed by atoms with van der Waals surface area (Å²) in [7, 11) is 0. The van der Waals surface area contributed by atoms with Crippen LogP contribution >= 0.6 is 23.2 Å². The second kappa shape index (κ2) is 7.49. The lowest BCUT2D eigenvalue weighted by molar-refractivity contribution is 0.163. The van der Waals surface area contributed by atoms with Crippen molar-refractivity contribution in [3.63, 3.8) is 0 Å². The lowest BCUT2D eigenvalue weighted by Gasteiger charge is -2.35. The van der Waals surface area contributed by atoms with Gasteiger partial charge in [-0.05, 0) is 30.2 Å². The molecule has 1 saturated heterocycles. The van der Waals surface area contributed by atoms with Crippen molar-refractivity contribution in [2.24, 2.45) is 0 Å². The van der Waals surface area contributed by atoms with E-state index in [-0.39, 0.29) is 0 Å². The number of hydrogen-bond donors (Lipinski definition) is 1. The van der Waals surface area contributed by atoms with Crippen LogP contribution in [0.25, 0.3) is 0 Å². The summed E-state index contributed by atoms with van der Waals surface area (Å²) < 4.78 is 0. The van der Waals surface area contributed by atoms with Crippen LogP contribution in [0.5, 0.6) is 0 Å². The molecule has 0 saturated carbocycles. The fourth-order valence-electron chi connectivity index (χ4n) is 2.70. The van der Waals surface area contributed by atoms with Crippen molar-refractivity contribution in [3.8, 4) is 0 Å². The SMILES string of the molecule is CCCC[C@H](c1cc(Cl)ccc1Cl)N1CCNCC1. The van der Waals surface area contributed by atoms with Crippen molar-refractivity contribution in [2.75, 3.05) is 26.2 Å². The Morgan fingerprint density at radius 3 is 2.68 bits per heavy atom. The molecule has 0 amide bonds. The van der Waals surface area contributed by atoms with Crippen LogP contribution in [-0.4, -0.2) is 31.1 Å². The van der Waals surface area contributed by atoms with Gasteiger partial charge >= 0.3 is 0 Å². The molecule has 1 atom stereocenters.